The monoisotopic (exact) mass is 176 g/mol. The van der Waals surface area contributed by atoms with E-state index in [1.165, 1.54) is 0 Å². The molecule has 1 heterocycles. The normalized spacial score (nSPS) is 13.2. The standard InChI is InChI=1S/C9H8N2O2/c10-9(12)7-3-1-2-6-4-13-5-11-8(6)7/h1-4H,5H2,(H2,10,12). The van der Waals surface area contributed by atoms with Crippen LogP contribution in [0.4, 0.5) is 0 Å². The molecule has 1 amide bonds. The number of amides is 1. The quantitative estimate of drug-likeness (QED) is 0.604. The number of hydrogen-bond donors (Lipinski definition) is 1. The van der Waals surface area contributed by atoms with Crippen molar-refractivity contribution < 1.29 is 9.53 Å². The Hall–Kier alpha value is -1.84. The molecule has 0 saturated carbocycles. The number of nitrogens with two attached hydrogens (primary N) is 1. The predicted octanol–water partition coefficient (Wildman–Crippen LogP) is -0.869. The van der Waals surface area contributed by atoms with E-state index >= 15 is 0 Å². The van der Waals surface area contributed by atoms with Crippen LogP contribution in [-0.2, 0) is 4.74 Å². The number of para-hydroxylation sites is 1. The lowest BCUT2D eigenvalue weighted by Crippen LogP contribution is -2.35. The summed E-state index contributed by atoms with van der Waals surface area (Å²) in [7, 11) is 0. The SMILES string of the molecule is NC(=O)c1cccc2c1=NCOC=2. The molecule has 0 unspecified atom stereocenters. The predicted molar refractivity (Wildman–Crippen MR) is 46.2 cm³/mol. The van der Waals surface area contributed by atoms with Gasteiger partial charge in [-0.25, -0.2) is 4.99 Å². The van der Waals surface area contributed by atoms with Crippen molar-refractivity contribution >= 4 is 12.2 Å². The van der Waals surface area contributed by atoms with Crippen LogP contribution in [0, 0.1) is 0 Å². The van der Waals surface area contributed by atoms with E-state index in [0.29, 0.717) is 10.9 Å². The fourth-order valence-corrected chi connectivity index (χ4v) is 1.26. The summed E-state index contributed by atoms with van der Waals surface area (Å²) in [5.41, 5.74) is 5.63. The maximum absolute atomic E-state index is 11.0. The lowest BCUT2D eigenvalue weighted by molar-refractivity contribution is 0.0998. The van der Waals surface area contributed by atoms with Crippen LogP contribution in [0.3, 0.4) is 0 Å². The molecule has 0 spiro atoms. The van der Waals surface area contributed by atoms with Crippen molar-refractivity contribution in [2.24, 2.45) is 10.7 Å². The summed E-state index contributed by atoms with van der Waals surface area (Å²) in [6.45, 7) is 0.247. The van der Waals surface area contributed by atoms with Gasteiger partial charge in [0.2, 0.25) is 0 Å². The lowest BCUT2D eigenvalue weighted by Gasteiger charge is -2.03. The molecule has 66 valence electrons. The average Bonchev–Trinajstić information content (AvgIpc) is 2.17. The van der Waals surface area contributed by atoms with Crippen molar-refractivity contribution in [3.8, 4) is 0 Å². The van der Waals surface area contributed by atoms with E-state index in [1.807, 2.05) is 6.07 Å². The molecule has 0 radical (unpaired) electrons. The zero-order valence-corrected chi connectivity index (χ0v) is 6.86. The van der Waals surface area contributed by atoms with Crippen LogP contribution in [0.2, 0.25) is 0 Å². The lowest BCUT2D eigenvalue weighted by atomic mass is 10.1. The molecule has 2 rings (SSSR count). The van der Waals surface area contributed by atoms with E-state index in [1.54, 1.807) is 18.4 Å². The van der Waals surface area contributed by atoms with Gasteiger partial charge < -0.3 is 10.5 Å². The molecular formula is C9H8N2O2. The summed E-state index contributed by atoms with van der Waals surface area (Å²) in [6.07, 6.45) is 1.58. The summed E-state index contributed by atoms with van der Waals surface area (Å²) in [5, 5.41) is 1.42. The number of carbonyl (C=O) groups excluding carboxylic acids is 1. The van der Waals surface area contributed by atoms with E-state index < -0.39 is 5.91 Å². The fourth-order valence-electron chi connectivity index (χ4n) is 1.26. The molecule has 13 heavy (non-hydrogen) atoms. The van der Waals surface area contributed by atoms with Gasteiger partial charge >= 0.3 is 0 Å². The molecule has 4 heteroatoms. The highest BCUT2D eigenvalue weighted by Crippen LogP contribution is 1.89. The second kappa shape index (κ2) is 2.90. The molecule has 1 aliphatic rings. The van der Waals surface area contributed by atoms with Gasteiger partial charge in [0.05, 0.1) is 17.2 Å². The van der Waals surface area contributed by atoms with Gasteiger partial charge in [-0.2, -0.15) is 0 Å². The first-order chi connectivity index (χ1) is 6.29. The minimum absolute atomic E-state index is 0.247. The Balaban J connectivity index is 2.81. The van der Waals surface area contributed by atoms with Gasteiger partial charge in [0.15, 0.2) is 6.73 Å². The molecule has 1 aromatic rings. The third-order valence-corrected chi connectivity index (χ3v) is 1.84. The molecule has 0 fully saturated rings. The molecule has 1 aliphatic heterocycles. The van der Waals surface area contributed by atoms with Crippen LogP contribution >= 0.6 is 0 Å². The van der Waals surface area contributed by atoms with E-state index in [9.17, 15) is 4.79 Å². The molecule has 0 atom stereocenters. The first kappa shape index (κ1) is 7.79. The highest BCUT2D eigenvalue weighted by molar-refractivity contribution is 5.92. The van der Waals surface area contributed by atoms with Gasteiger partial charge in [0.1, 0.15) is 0 Å². The van der Waals surface area contributed by atoms with Crippen LogP contribution in [0.25, 0.3) is 6.26 Å². The maximum atomic E-state index is 11.0. The van der Waals surface area contributed by atoms with Crippen molar-refractivity contribution in [3.63, 3.8) is 0 Å². The van der Waals surface area contributed by atoms with E-state index in [-0.39, 0.29) is 6.73 Å². The molecule has 4 nitrogen and oxygen atoms in total. The highest BCUT2D eigenvalue weighted by Gasteiger charge is 2.05. The number of fused-ring (bicyclic) bond motifs is 1. The Kier molecular flexibility index (Phi) is 1.73. The van der Waals surface area contributed by atoms with Crippen molar-refractivity contribution in [1.29, 1.82) is 0 Å². The number of carbonyl (C=O) groups is 1. The van der Waals surface area contributed by atoms with E-state index in [2.05, 4.69) is 4.99 Å². The van der Waals surface area contributed by atoms with Crippen molar-refractivity contribution in [2.45, 2.75) is 0 Å². The summed E-state index contributed by atoms with van der Waals surface area (Å²) in [4.78, 5) is 15.0. The zero-order valence-electron chi connectivity index (χ0n) is 6.86. The van der Waals surface area contributed by atoms with Gasteiger partial charge in [0, 0.05) is 5.22 Å². The van der Waals surface area contributed by atoms with Crippen LogP contribution in [-0.4, -0.2) is 12.6 Å². The number of primary amides is 1. The first-order valence-electron chi connectivity index (χ1n) is 3.84. The van der Waals surface area contributed by atoms with Gasteiger partial charge in [-0.15, -0.1) is 0 Å². The number of benzene rings is 1. The first-order valence-corrected chi connectivity index (χ1v) is 3.84. The van der Waals surface area contributed by atoms with Crippen LogP contribution in [0.1, 0.15) is 10.4 Å². The summed E-state index contributed by atoms with van der Waals surface area (Å²) in [5.74, 6) is -0.462. The van der Waals surface area contributed by atoms with E-state index in [0.717, 1.165) is 5.22 Å². The molecular weight excluding hydrogens is 168 g/mol. The average molecular weight is 176 g/mol. The molecule has 0 aliphatic carbocycles. The molecule has 0 saturated heterocycles. The third-order valence-electron chi connectivity index (χ3n) is 1.84. The van der Waals surface area contributed by atoms with E-state index in [4.69, 9.17) is 10.5 Å². The summed E-state index contributed by atoms with van der Waals surface area (Å²) < 4.78 is 4.99. The van der Waals surface area contributed by atoms with Crippen molar-refractivity contribution in [3.05, 3.63) is 34.3 Å². The Morgan fingerprint density at radius 2 is 2.38 bits per heavy atom. The Morgan fingerprint density at radius 1 is 1.54 bits per heavy atom. The minimum Gasteiger partial charge on any atom is -0.478 e. The van der Waals surface area contributed by atoms with Crippen LogP contribution in [0.15, 0.2) is 23.2 Å². The van der Waals surface area contributed by atoms with Gasteiger partial charge in [-0.3, -0.25) is 4.79 Å². The van der Waals surface area contributed by atoms with Crippen LogP contribution < -0.4 is 16.3 Å². The van der Waals surface area contributed by atoms with Gasteiger partial charge in [0.25, 0.3) is 5.91 Å². The highest BCUT2D eigenvalue weighted by atomic mass is 16.5. The summed E-state index contributed by atoms with van der Waals surface area (Å²) >= 11 is 0. The molecule has 2 N–H and O–H groups in total. The largest absolute Gasteiger partial charge is 0.478 e. The minimum atomic E-state index is -0.462. The van der Waals surface area contributed by atoms with Gasteiger partial charge in [-0.05, 0) is 12.1 Å². The van der Waals surface area contributed by atoms with Crippen molar-refractivity contribution in [1.82, 2.24) is 0 Å². The smallest absolute Gasteiger partial charge is 0.250 e. The Morgan fingerprint density at radius 3 is 3.15 bits per heavy atom. The third kappa shape index (κ3) is 1.26. The second-order valence-corrected chi connectivity index (χ2v) is 2.68. The molecule has 1 aromatic carbocycles. The van der Waals surface area contributed by atoms with Gasteiger partial charge in [-0.1, -0.05) is 6.07 Å². The number of rotatable bonds is 1. The summed E-state index contributed by atoms with van der Waals surface area (Å²) in [6, 6.07) is 5.23. The molecule has 0 aromatic heterocycles. The maximum Gasteiger partial charge on any atom is 0.250 e. The van der Waals surface area contributed by atoms with Crippen molar-refractivity contribution in [2.75, 3.05) is 6.73 Å². The zero-order chi connectivity index (χ0) is 9.26. The second-order valence-electron chi connectivity index (χ2n) is 2.68. The number of ether oxygens (including phenoxy) is 1. The van der Waals surface area contributed by atoms with Crippen LogP contribution in [0.5, 0.6) is 0 Å². The fraction of sp³-hybridized carbons (Fsp3) is 0.111. The number of nitrogens with zero attached hydrogens (tertiary/aromatic N) is 1. The Bertz CT molecular complexity index is 465. The Labute approximate surface area is 74.3 Å². The molecule has 0 bridgehead atoms. The number of hydrogen-bond acceptors (Lipinski definition) is 3. The topological polar surface area (TPSA) is 64.7 Å².